The van der Waals surface area contributed by atoms with Gasteiger partial charge in [0.25, 0.3) is 12.3 Å². The summed E-state index contributed by atoms with van der Waals surface area (Å²) in [7, 11) is -2.24. The number of ether oxygens (including phenoxy) is 1. The molecule has 9 nitrogen and oxygen atoms in total. The molecule has 0 aliphatic carbocycles. The zero-order chi connectivity index (χ0) is 25.2. The molecule has 0 unspecified atom stereocenters. The zero-order valence-corrected chi connectivity index (χ0v) is 19.1. The minimum absolute atomic E-state index is 0.0121. The molecule has 1 heterocycles. The first-order valence-corrected chi connectivity index (χ1v) is 11.7. The molecule has 0 spiro atoms. The third-order valence-electron chi connectivity index (χ3n) is 4.91. The quantitative estimate of drug-likeness (QED) is 0.489. The maximum Gasteiger partial charge on any atom is 0.335 e. The average molecular weight is 493 g/mol. The number of nitrogens with one attached hydrogen (secondary N) is 1. The first-order chi connectivity index (χ1) is 15.9. The van der Waals surface area contributed by atoms with Gasteiger partial charge in [-0.1, -0.05) is 18.2 Å². The molecule has 1 aromatic heterocycles. The Morgan fingerprint density at radius 3 is 2.35 bits per heavy atom. The van der Waals surface area contributed by atoms with Crippen LogP contribution >= 0.6 is 0 Å². The molecule has 0 aliphatic rings. The number of benzene rings is 2. The van der Waals surface area contributed by atoms with Crippen molar-refractivity contribution >= 4 is 21.7 Å². The molecule has 34 heavy (non-hydrogen) atoms. The second-order valence-electron chi connectivity index (χ2n) is 7.46. The molecule has 0 saturated carbocycles. The van der Waals surface area contributed by atoms with E-state index in [0.717, 1.165) is 10.9 Å². The van der Waals surface area contributed by atoms with Gasteiger partial charge in [-0.3, -0.25) is 4.79 Å². The highest BCUT2D eigenvalue weighted by Crippen LogP contribution is 2.33. The van der Waals surface area contributed by atoms with Crippen LogP contribution in [0.2, 0.25) is 0 Å². The van der Waals surface area contributed by atoms with Crippen molar-refractivity contribution in [3.05, 3.63) is 70.9 Å². The summed E-state index contributed by atoms with van der Waals surface area (Å²) in [5.74, 6) is -2.29. The van der Waals surface area contributed by atoms with Gasteiger partial charge in [-0.15, -0.1) is 0 Å². The Kier molecular flexibility index (Phi) is 7.01. The topological polar surface area (TPSA) is 128 Å². The lowest BCUT2D eigenvalue weighted by molar-refractivity contribution is 0.0696. The molecule has 2 N–H and O–H groups in total. The number of halogens is 2. The Hall–Kier alpha value is -3.80. The number of aromatic carboxylic acids is 1. The van der Waals surface area contributed by atoms with Crippen molar-refractivity contribution < 1.29 is 36.6 Å². The zero-order valence-electron chi connectivity index (χ0n) is 18.3. The van der Waals surface area contributed by atoms with Gasteiger partial charge in [-0.2, -0.15) is 5.10 Å². The summed E-state index contributed by atoms with van der Waals surface area (Å²) < 4.78 is 57.6. The number of carbonyl (C=O) groups is 2. The van der Waals surface area contributed by atoms with Crippen LogP contribution in [0.15, 0.2) is 53.4 Å². The summed E-state index contributed by atoms with van der Waals surface area (Å²) in [5, 5.41) is 15.3. The van der Waals surface area contributed by atoms with E-state index in [1.54, 1.807) is 6.92 Å². The predicted molar refractivity (Wildman–Crippen MR) is 117 cm³/mol. The van der Waals surface area contributed by atoms with E-state index in [4.69, 9.17) is 9.84 Å². The van der Waals surface area contributed by atoms with Crippen molar-refractivity contribution in [1.29, 1.82) is 0 Å². The third kappa shape index (κ3) is 5.39. The lowest BCUT2D eigenvalue weighted by atomic mass is 10.1. The highest BCUT2D eigenvalue weighted by molar-refractivity contribution is 7.90. The summed E-state index contributed by atoms with van der Waals surface area (Å²) >= 11 is 0. The molecule has 0 fully saturated rings. The number of alkyl halides is 2. The maximum atomic E-state index is 13.7. The molecule has 3 rings (SSSR count). The van der Waals surface area contributed by atoms with Gasteiger partial charge in [0, 0.05) is 13.3 Å². The number of carboxylic acid groups (broad SMARTS) is 1. The van der Waals surface area contributed by atoms with E-state index in [1.807, 2.05) is 0 Å². The van der Waals surface area contributed by atoms with Gasteiger partial charge in [0.2, 0.25) is 5.88 Å². The van der Waals surface area contributed by atoms with Gasteiger partial charge in [-0.05, 0) is 42.8 Å². The molecule has 12 heteroatoms. The average Bonchev–Trinajstić information content (AvgIpc) is 3.09. The monoisotopic (exact) mass is 493 g/mol. The first kappa shape index (κ1) is 24.8. The largest absolute Gasteiger partial charge is 0.478 e. The molecule has 0 saturated heterocycles. The van der Waals surface area contributed by atoms with E-state index in [-0.39, 0.29) is 22.1 Å². The number of carbonyl (C=O) groups excluding carboxylic acids is 1. The van der Waals surface area contributed by atoms with Crippen molar-refractivity contribution in [2.45, 2.75) is 24.3 Å². The number of rotatable bonds is 8. The third-order valence-corrected chi connectivity index (χ3v) is 6.02. The van der Waals surface area contributed by atoms with E-state index in [9.17, 15) is 26.8 Å². The Morgan fingerprint density at radius 2 is 1.79 bits per heavy atom. The number of carboxylic acids is 1. The highest BCUT2D eigenvalue weighted by Gasteiger charge is 2.30. The molecule has 0 radical (unpaired) electrons. The number of amides is 1. The van der Waals surface area contributed by atoms with E-state index < -0.39 is 45.4 Å². The Balaban J connectivity index is 1.94. The van der Waals surface area contributed by atoms with Gasteiger partial charge in [0.15, 0.2) is 9.84 Å². The van der Waals surface area contributed by atoms with Crippen LogP contribution in [0.3, 0.4) is 0 Å². The minimum atomic E-state index is -3.56. The van der Waals surface area contributed by atoms with Crippen LogP contribution in [0.5, 0.6) is 11.6 Å². The molecule has 0 bridgehead atoms. The lowest BCUT2D eigenvalue weighted by Crippen LogP contribution is -2.27. The van der Waals surface area contributed by atoms with E-state index in [1.165, 1.54) is 55.6 Å². The van der Waals surface area contributed by atoms with Gasteiger partial charge < -0.3 is 15.2 Å². The summed E-state index contributed by atoms with van der Waals surface area (Å²) in [6.45, 7) is 1.60. The van der Waals surface area contributed by atoms with Gasteiger partial charge in [0.05, 0.1) is 16.5 Å². The van der Waals surface area contributed by atoms with E-state index in [2.05, 4.69) is 10.4 Å². The number of hydrogen-bond donors (Lipinski definition) is 2. The number of nitrogens with zero attached hydrogens (tertiary/aromatic N) is 2. The molecule has 1 atom stereocenters. The van der Waals surface area contributed by atoms with Crippen molar-refractivity contribution in [2.75, 3.05) is 6.26 Å². The van der Waals surface area contributed by atoms with Crippen molar-refractivity contribution in [3.63, 3.8) is 0 Å². The van der Waals surface area contributed by atoms with Crippen molar-refractivity contribution in [1.82, 2.24) is 15.1 Å². The van der Waals surface area contributed by atoms with Crippen molar-refractivity contribution in [3.8, 4) is 11.6 Å². The summed E-state index contributed by atoms with van der Waals surface area (Å²) in [6, 6.07) is 10.4. The van der Waals surface area contributed by atoms with Gasteiger partial charge >= 0.3 is 5.97 Å². The fourth-order valence-corrected chi connectivity index (χ4v) is 3.81. The molecule has 2 aromatic carbocycles. The normalized spacial score (nSPS) is 12.4. The predicted octanol–water partition coefficient (Wildman–Crippen LogP) is 3.74. The molecule has 3 aromatic rings. The summed E-state index contributed by atoms with van der Waals surface area (Å²) in [5.41, 5.74) is -0.704. The number of aromatic nitrogens is 2. The summed E-state index contributed by atoms with van der Waals surface area (Å²) in [6.07, 6.45) is -2.08. The Bertz CT molecular complexity index is 1340. The molecular weight excluding hydrogens is 472 g/mol. The lowest BCUT2D eigenvalue weighted by Gasteiger charge is -2.16. The summed E-state index contributed by atoms with van der Waals surface area (Å²) in [4.78, 5) is 24.0. The van der Waals surface area contributed by atoms with Crippen LogP contribution < -0.4 is 10.1 Å². The van der Waals surface area contributed by atoms with Crippen LogP contribution in [0.1, 0.15) is 51.4 Å². The first-order valence-electron chi connectivity index (χ1n) is 9.85. The van der Waals surface area contributed by atoms with Crippen LogP contribution in [0.4, 0.5) is 8.78 Å². The number of aryl methyl sites for hydroxylation is 1. The molecule has 180 valence electrons. The van der Waals surface area contributed by atoms with Crippen LogP contribution in [-0.4, -0.2) is 41.4 Å². The smallest absolute Gasteiger partial charge is 0.335 e. The van der Waals surface area contributed by atoms with Gasteiger partial charge in [-0.25, -0.2) is 26.7 Å². The fourth-order valence-electron chi connectivity index (χ4n) is 3.16. The number of hydrogen-bond acceptors (Lipinski definition) is 6. The van der Waals surface area contributed by atoms with Crippen LogP contribution in [0.25, 0.3) is 0 Å². The van der Waals surface area contributed by atoms with Gasteiger partial charge in [0.1, 0.15) is 17.0 Å². The standard InChI is InChI=1S/C22H21F2N3O6S/c1-12(13-7-9-14(10-8-13)22(29)30)25-20(28)17-18(19(23)24)26-27(2)21(17)33-15-5-4-6-16(11-15)34(3,31)32/h4-12,19H,1-3H3,(H,25,28)(H,29,30)/t12-/m0/s1. The van der Waals surface area contributed by atoms with Crippen molar-refractivity contribution in [2.24, 2.45) is 7.05 Å². The van der Waals surface area contributed by atoms with E-state index in [0.29, 0.717) is 5.56 Å². The number of sulfone groups is 1. The molecule has 0 aliphatic heterocycles. The fraction of sp³-hybridized carbons (Fsp3) is 0.227. The SMILES string of the molecule is C[C@H](NC(=O)c1c(C(F)F)nn(C)c1Oc1cccc(S(C)(=O)=O)c1)c1ccc(C(=O)O)cc1. The van der Waals surface area contributed by atoms with E-state index >= 15 is 0 Å². The van der Waals surface area contributed by atoms with Crippen LogP contribution in [-0.2, 0) is 16.9 Å². The molecule has 1 amide bonds. The maximum absolute atomic E-state index is 13.7. The second-order valence-corrected chi connectivity index (χ2v) is 9.48. The molecular formula is C22H21F2N3O6S. The minimum Gasteiger partial charge on any atom is -0.478 e. The Morgan fingerprint density at radius 1 is 1.15 bits per heavy atom. The van der Waals surface area contributed by atoms with Crippen LogP contribution in [0, 0.1) is 0 Å². The second kappa shape index (κ2) is 9.59. The Labute approximate surface area is 193 Å². The highest BCUT2D eigenvalue weighted by atomic mass is 32.2.